The third kappa shape index (κ3) is 2.45. The van der Waals surface area contributed by atoms with Gasteiger partial charge in [-0.05, 0) is 6.54 Å². The molecule has 14 heavy (non-hydrogen) atoms. The zero-order chi connectivity index (χ0) is 10.6. The van der Waals surface area contributed by atoms with Crippen LogP contribution in [0.3, 0.4) is 0 Å². The Morgan fingerprint density at radius 1 is 1.21 bits per heavy atom. The molecule has 0 aromatic rings. The average molecular weight is 199 g/mol. The molecule has 1 aliphatic heterocycles. The standard InChI is InChI=1S/C9H17N3O2/c1-3-11-4-6-12(7-5-11)9(14)8(13)10-2/h3-7H2,1-2H3,(H,10,13). The normalized spacial score (nSPS) is 18.0. The van der Waals surface area contributed by atoms with E-state index < -0.39 is 11.8 Å². The molecule has 0 unspecified atom stereocenters. The van der Waals surface area contributed by atoms with Gasteiger partial charge in [-0.25, -0.2) is 0 Å². The van der Waals surface area contributed by atoms with E-state index in [1.54, 1.807) is 4.90 Å². The molecule has 1 rings (SSSR count). The summed E-state index contributed by atoms with van der Waals surface area (Å²) in [5.41, 5.74) is 0. The summed E-state index contributed by atoms with van der Waals surface area (Å²) in [6.45, 7) is 6.12. The van der Waals surface area contributed by atoms with Crippen molar-refractivity contribution in [2.75, 3.05) is 39.8 Å². The first-order chi connectivity index (χ1) is 6.69. The number of piperazine rings is 1. The van der Waals surface area contributed by atoms with Crippen molar-refractivity contribution in [2.45, 2.75) is 6.92 Å². The minimum Gasteiger partial charge on any atom is -0.351 e. The van der Waals surface area contributed by atoms with Crippen LogP contribution in [0.5, 0.6) is 0 Å². The number of rotatable bonds is 1. The van der Waals surface area contributed by atoms with Gasteiger partial charge in [-0.2, -0.15) is 0 Å². The number of amides is 2. The lowest BCUT2D eigenvalue weighted by Gasteiger charge is -2.33. The van der Waals surface area contributed by atoms with Gasteiger partial charge in [0, 0.05) is 33.2 Å². The van der Waals surface area contributed by atoms with Crippen LogP contribution in [0.4, 0.5) is 0 Å². The summed E-state index contributed by atoms with van der Waals surface area (Å²) in [4.78, 5) is 26.3. The lowest BCUT2D eigenvalue weighted by atomic mass is 10.3. The van der Waals surface area contributed by atoms with Crippen molar-refractivity contribution in [2.24, 2.45) is 0 Å². The molecule has 0 spiro atoms. The quantitative estimate of drug-likeness (QED) is 0.545. The highest BCUT2D eigenvalue weighted by atomic mass is 16.2. The van der Waals surface area contributed by atoms with Crippen molar-refractivity contribution in [1.82, 2.24) is 15.1 Å². The van der Waals surface area contributed by atoms with E-state index in [9.17, 15) is 9.59 Å². The van der Waals surface area contributed by atoms with Crippen LogP contribution < -0.4 is 5.32 Å². The fourth-order valence-corrected chi connectivity index (χ4v) is 1.52. The molecule has 2 amide bonds. The Morgan fingerprint density at radius 2 is 1.79 bits per heavy atom. The zero-order valence-corrected chi connectivity index (χ0v) is 8.75. The average Bonchev–Trinajstić information content (AvgIpc) is 2.27. The van der Waals surface area contributed by atoms with E-state index in [-0.39, 0.29) is 0 Å². The summed E-state index contributed by atoms with van der Waals surface area (Å²) in [5, 5.41) is 2.34. The highest BCUT2D eigenvalue weighted by molar-refractivity contribution is 6.34. The predicted octanol–water partition coefficient (Wildman–Crippen LogP) is -1.10. The molecule has 0 saturated carbocycles. The molecule has 0 aliphatic carbocycles. The number of nitrogens with one attached hydrogen (secondary N) is 1. The van der Waals surface area contributed by atoms with E-state index in [1.165, 1.54) is 7.05 Å². The van der Waals surface area contributed by atoms with Crippen LogP contribution in [0.2, 0.25) is 0 Å². The molecule has 5 heteroatoms. The van der Waals surface area contributed by atoms with Gasteiger partial charge in [0.15, 0.2) is 0 Å². The van der Waals surface area contributed by atoms with Gasteiger partial charge < -0.3 is 15.1 Å². The van der Waals surface area contributed by atoms with Gasteiger partial charge in [0.25, 0.3) is 0 Å². The Kier molecular flexibility index (Phi) is 3.88. The third-order valence-corrected chi connectivity index (χ3v) is 2.53. The lowest BCUT2D eigenvalue weighted by molar-refractivity contribution is -0.146. The summed E-state index contributed by atoms with van der Waals surface area (Å²) in [7, 11) is 1.47. The maximum atomic E-state index is 11.4. The maximum Gasteiger partial charge on any atom is 0.311 e. The van der Waals surface area contributed by atoms with Crippen LogP contribution >= 0.6 is 0 Å². The van der Waals surface area contributed by atoms with Crippen molar-refractivity contribution < 1.29 is 9.59 Å². The van der Waals surface area contributed by atoms with Crippen LogP contribution in [-0.4, -0.2) is 61.4 Å². The topological polar surface area (TPSA) is 52.7 Å². The number of carbonyl (C=O) groups excluding carboxylic acids is 2. The van der Waals surface area contributed by atoms with Crippen LogP contribution in [0.1, 0.15) is 6.92 Å². The molecule has 0 aromatic heterocycles. The maximum absolute atomic E-state index is 11.4. The second kappa shape index (κ2) is 4.95. The summed E-state index contributed by atoms with van der Waals surface area (Å²) >= 11 is 0. The minimum atomic E-state index is -0.519. The molecule has 80 valence electrons. The van der Waals surface area contributed by atoms with Gasteiger partial charge in [-0.1, -0.05) is 6.92 Å². The van der Waals surface area contributed by atoms with Crippen LogP contribution in [0, 0.1) is 0 Å². The molecule has 1 aliphatic rings. The van der Waals surface area contributed by atoms with Crippen LogP contribution in [0.15, 0.2) is 0 Å². The van der Waals surface area contributed by atoms with Crippen molar-refractivity contribution in [3.63, 3.8) is 0 Å². The predicted molar refractivity (Wildman–Crippen MR) is 52.8 cm³/mol. The summed E-state index contributed by atoms with van der Waals surface area (Å²) in [6, 6.07) is 0. The van der Waals surface area contributed by atoms with Crippen molar-refractivity contribution in [3.8, 4) is 0 Å². The first-order valence-electron chi connectivity index (χ1n) is 4.92. The van der Waals surface area contributed by atoms with Gasteiger partial charge in [0.1, 0.15) is 0 Å². The molecule has 0 radical (unpaired) electrons. The molecular weight excluding hydrogens is 182 g/mol. The molecule has 1 saturated heterocycles. The molecule has 0 bridgehead atoms. The summed E-state index contributed by atoms with van der Waals surface area (Å²) < 4.78 is 0. The van der Waals surface area contributed by atoms with Crippen molar-refractivity contribution >= 4 is 11.8 Å². The van der Waals surface area contributed by atoms with Crippen molar-refractivity contribution in [3.05, 3.63) is 0 Å². The number of likely N-dealkylation sites (N-methyl/N-ethyl adjacent to an activating group) is 2. The number of hydrogen-bond donors (Lipinski definition) is 1. The summed E-state index contributed by atoms with van der Waals surface area (Å²) in [6.07, 6.45) is 0. The fourth-order valence-electron chi connectivity index (χ4n) is 1.52. The molecule has 1 N–H and O–H groups in total. The molecule has 0 aromatic carbocycles. The van der Waals surface area contributed by atoms with Crippen LogP contribution in [0.25, 0.3) is 0 Å². The molecular formula is C9H17N3O2. The van der Waals surface area contributed by atoms with Gasteiger partial charge in [0.2, 0.25) is 0 Å². The molecule has 0 atom stereocenters. The smallest absolute Gasteiger partial charge is 0.311 e. The van der Waals surface area contributed by atoms with E-state index in [4.69, 9.17) is 0 Å². The van der Waals surface area contributed by atoms with E-state index in [0.717, 1.165) is 19.6 Å². The Labute approximate surface area is 84.0 Å². The molecule has 1 fully saturated rings. The lowest BCUT2D eigenvalue weighted by Crippen LogP contribution is -2.52. The fraction of sp³-hybridized carbons (Fsp3) is 0.778. The Morgan fingerprint density at radius 3 is 2.21 bits per heavy atom. The van der Waals surface area contributed by atoms with Crippen molar-refractivity contribution in [1.29, 1.82) is 0 Å². The first-order valence-corrected chi connectivity index (χ1v) is 4.92. The highest BCUT2D eigenvalue weighted by Gasteiger charge is 2.24. The number of hydrogen-bond acceptors (Lipinski definition) is 3. The third-order valence-electron chi connectivity index (χ3n) is 2.53. The largest absolute Gasteiger partial charge is 0.351 e. The molecule has 5 nitrogen and oxygen atoms in total. The second-order valence-electron chi connectivity index (χ2n) is 3.31. The summed E-state index contributed by atoms with van der Waals surface area (Å²) in [5.74, 6) is -0.932. The highest BCUT2D eigenvalue weighted by Crippen LogP contribution is 2.01. The SMILES string of the molecule is CCN1CCN(C(=O)C(=O)NC)CC1. The molecule has 1 heterocycles. The van der Waals surface area contributed by atoms with E-state index in [0.29, 0.717) is 13.1 Å². The van der Waals surface area contributed by atoms with Gasteiger partial charge in [-0.15, -0.1) is 0 Å². The monoisotopic (exact) mass is 199 g/mol. The van der Waals surface area contributed by atoms with Crippen LogP contribution in [-0.2, 0) is 9.59 Å². The zero-order valence-electron chi connectivity index (χ0n) is 8.75. The first kappa shape index (κ1) is 11.0. The Balaban J connectivity index is 2.41. The minimum absolute atomic E-state index is 0.414. The number of nitrogens with zero attached hydrogens (tertiary/aromatic N) is 2. The Bertz CT molecular complexity index is 222. The van der Waals surface area contributed by atoms with Gasteiger partial charge >= 0.3 is 11.8 Å². The second-order valence-corrected chi connectivity index (χ2v) is 3.31. The van der Waals surface area contributed by atoms with E-state index >= 15 is 0 Å². The van der Waals surface area contributed by atoms with Gasteiger partial charge in [-0.3, -0.25) is 9.59 Å². The Hall–Kier alpha value is -1.10. The van der Waals surface area contributed by atoms with E-state index in [2.05, 4.69) is 17.1 Å². The van der Waals surface area contributed by atoms with E-state index in [1.807, 2.05) is 0 Å². The number of carbonyl (C=O) groups is 2. The van der Waals surface area contributed by atoms with Gasteiger partial charge in [0.05, 0.1) is 0 Å².